The van der Waals surface area contributed by atoms with E-state index in [1.165, 1.54) is 0 Å². The van der Waals surface area contributed by atoms with Gasteiger partial charge in [0.15, 0.2) is 0 Å². The monoisotopic (exact) mass is 428 g/mol. The zero-order valence-corrected chi connectivity index (χ0v) is 18.7. The molecular formula is C21H26N5O3S+. The number of anilines is 1. The van der Waals surface area contributed by atoms with Gasteiger partial charge >= 0.3 is 6.09 Å². The number of nitriles is 1. The highest BCUT2D eigenvalue weighted by atomic mass is 32.2. The van der Waals surface area contributed by atoms with Crippen molar-refractivity contribution in [1.82, 2.24) is 14.5 Å². The Bertz CT molecular complexity index is 1110. The summed E-state index contributed by atoms with van der Waals surface area (Å²) in [5, 5.41) is 13.6. The smallest absolute Gasteiger partial charge is 0.412 e. The number of ether oxygens (including phenoxy) is 2. The first-order valence-corrected chi connectivity index (χ1v) is 11.7. The van der Waals surface area contributed by atoms with Gasteiger partial charge in [-0.15, -0.1) is 0 Å². The van der Waals surface area contributed by atoms with E-state index >= 15 is 0 Å². The minimum absolute atomic E-state index is 0.311. The summed E-state index contributed by atoms with van der Waals surface area (Å²) in [6.45, 7) is 6.39. The number of hydrogen-bond acceptors (Lipinski definition) is 6. The largest absolute Gasteiger partial charge is 0.444 e. The number of amides is 1. The van der Waals surface area contributed by atoms with E-state index in [0.717, 1.165) is 22.0 Å². The fourth-order valence-electron chi connectivity index (χ4n) is 2.93. The van der Waals surface area contributed by atoms with Crippen LogP contribution in [0.2, 0.25) is 0 Å². The van der Waals surface area contributed by atoms with Gasteiger partial charge in [-0.2, -0.15) is 5.26 Å². The molecule has 0 saturated heterocycles. The maximum atomic E-state index is 12.1. The Labute approximate surface area is 178 Å². The SMILES string of the molecule is C[S+](C)CCOCn1c2cnc(C#N)cc2c2cc(NC(=O)OC(C)(C)C)cnc21. The van der Waals surface area contributed by atoms with Crippen LogP contribution >= 0.6 is 0 Å². The number of nitrogens with one attached hydrogen (secondary N) is 1. The zero-order valence-electron chi connectivity index (χ0n) is 17.9. The van der Waals surface area contributed by atoms with E-state index in [9.17, 15) is 10.1 Å². The Morgan fingerprint density at radius 2 is 2.00 bits per heavy atom. The van der Waals surface area contributed by atoms with Crippen molar-refractivity contribution in [2.75, 3.05) is 30.2 Å². The predicted molar refractivity (Wildman–Crippen MR) is 120 cm³/mol. The summed E-state index contributed by atoms with van der Waals surface area (Å²) in [6, 6.07) is 5.62. The summed E-state index contributed by atoms with van der Waals surface area (Å²) in [4.78, 5) is 20.9. The summed E-state index contributed by atoms with van der Waals surface area (Å²) >= 11 is 0. The second-order valence-corrected chi connectivity index (χ2v) is 10.5. The average Bonchev–Trinajstić information content (AvgIpc) is 2.96. The molecule has 0 atom stereocenters. The molecule has 9 heteroatoms. The first-order valence-electron chi connectivity index (χ1n) is 9.48. The first-order chi connectivity index (χ1) is 14.2. The van der Waals surface area contributed by atoms with E-state index in [0.29, 0.717) is 41.3 Å². The predicted octanol–water partition coefficient (Wildman–Crippen LogP) is 3.66. The van der Waals surface area contributed by atoms with E-state index in [-0.39, 0.29) is 0 Å². The van der Waals surface area contributed by atoms with Crippen LogP contribution in [-0.2, 0) is 27.1 Å². The van der Waals surface area contributed by atoms with Crippen LogP contribution in [0.4, 0.5) is 10.5 Å². The lowest BCUT2D eigenvalue weighted by atomic mass is 10.2. The molecule has 3 aromatic heterocycles. The molecule has 0 aliphatic rings. The van der Waals surface area contributed by atoms with Crippen molar-refractivity contribution in [3.8, 4) is 6.07 Å². The quantitative estimate of drug-likeness (QED) is 0.475. The highest BCUT2D eigenvalue weighted by Gasteiger charge is 2.18. The lowest BCUT2D eigenvalue weighted by Gasteiger charge is -2.19. The number of rotatable bonds is 6. The number of pyridine rings is 2. The van der Waals surface area contributed by atoms with Crippen LogP contribution in [-0.4, -0.2) is 51.1 Å². The summed E-state index contributed by atoms with van der Waals surface area (Å²) in [5.41, 5.74) is 1.74. The fraction of sp³-hybridized carbons (Fsp3) is 0.429. The van der Waals surface area contributed by atoms with Gasteiger partial charge in [0, 0.05) is 10.8 Å². The molecule has 0 aliphatic carbocycles. The van der Waals surface area contributed by atoms with E-state index in [1.807, 2.05) is 10.6 Å². The van der Waals surface area contributed by atoms with Gasteiger partial charge in [0.2, 0.25) is 0 Å². The second kappa shape index (κ2) is 8.90. The standard InChI is InChI=1S/C21H25N5O3S/c1-21(2,3)29-20(27)25-15-9-17-16-8-14(10-22)23-12-18(16)26(19(17)24-11-15)13-28-6-7-30(4)5/h8-9,11-12H,6-7,13H2,1-5H3/p+1. The van der Waals surface area contributed by atoms with Crippen molar-refractivity contribution in [2.45, 2.75) is 33.1 Å². The third-order valence-electron chi connectivity index (χ3n) is 4.20. The van der Waals surface area contributed by atoms with E-state index in [4.69, 9.17) is 9.47 Å². The topological polar surface area (TPSA) is 102 Å². The molecule has 0 fully saturated rings. The summed E-state index contributed by atoms with van der Waals surface area (Å²) in [7, 11) is 0.311. The Kier molecular flexibility index (Phi) is 6.48. The van der Waals surface area contributed by atoms with Crippen molar-refractivity contribution < 1.29 is 14.3 Å². The van der Waals surface area contributed by atoms with Gasteiger partial charge in [0.25, 0.3) is 0 Å². The minimum Gasteiger partial charge on any atom is -0.444 e. The molecule has 0 saturated carbocycles. The van der Waals surface area contributed by atoms with Gasteiger partial charge < -0.3 is 9.47 Å². The van der Waals surface area contributed by atoms with Crippen LogP contribution in [0.5, 0.6) is 0 Å². The molecule has 0 spiro atoms. The van der Waals surface area contributed by atoms with Crippen molar-refractivity contribution in [3.05, 3.63) is 30.2 Å². The van der Waals surface area contributed by atoms with Gasteiger partial charge in [-0.3, -0.25) is 9.88 Å². The molecule has 8 nitrogen and oxygen atoms in total. The summed E-state index contributed by atoms with van der Waals surface area (Å²) < 4.78 is 13.1. The zero-order chi connectivity index (χ0) is 21.9. The van der Waals surface area contributed by atoms with Crippen LogP contribution in [0.1, 0.15) is 26.5 Å². The van der Waals surface area contributed by atoms with E-state index < -0.39 is 11.7 Å². The molecular weight excluding hydrogens is 402 g/mol. The molecule has 0 aliphatic heterocycles. The molecule has 3 aromatic rings. The molecule has 0 bridgehead atoms. The van der Waals surface area contributed by atoms with Crippen molar-refractivity contribution in [2.24, 2.45) is 0 Å². The number of fused-ring (bicyclic) bond motifs is 3. The highest BCUT2D eigenvalue weighted by Crippen LogP contribution is 2.30. The molecule has 0 aromatic carbocycles. The average molecular weight is 429 g/mol. The first kappa shape index (κ1) is 21.9. The summed E-state index contributed by atoms with van der Waals surface area (Å²) in [6.07, 6.45) is 7.04. The normalized spacial score (nSPS) is 11.8. The number of nitrogens with zero attached hydrogens (tertiary/aromatic N) is 4. The minimum atomic E-state index is -0.598. The Morgan fingerprint density at radius 3 is 2.67 bits per heavy atom. The van der Waals surface area contributed by atoms with Gasteiger partial charge in [0.1, 0.15) is 35.5 Å². The highest BCUT2D eigenvalue weighted by molar-refractivity contribution is 7.95. The fourth-order valence-corrected chi connectivity index (χ4v) is 3.38. The van der Waals surface area contributed by atoms with Crippen molar-refractivity contribution in [3.63, 3.8) is 0 Å². The Balaban J connectivity index is 1.97. The summed E-state index contributed by atoms with van der Waals surface area (Å²) in [5.74, 6) is 0.991. The van der Waals surface area contributed by atoms with Crippen molar-refractivity contribution in [1.29, 1.82) is 5.26 Å². The van der Waals surface area contributed by atoms with Crippen LogP contribution in [0.15, 0.2) is 24.5 Å². The number of aromatic nitrogens is 3. The molecule has 158 valence electrons. The number of carbonyl (C=O) groups excluding carboxylic acids is 1. The molecule has 1 N–H and O–H groups in total. The lowest BCUT2D eigenvalue weighted by molar-refractivity contribution is 0.0636. The maximum absolute atomic E-state index is 12.1. The van der Waals surface area contributed by atoms with Crippen LogP contribution in [0.25, 0.3) is 21.9 Å². The van der Waals surface area contributed by atoms with Crippen molar-refractivity contribution >= 4 is 44.6 Å². The van der Waals surface area contributed by atoms with Crippen LogP contribution < -0.4 is 5.32 Å². The molecule has 3 heterocycles. The molecule has 0 unspecified atom stereocenters. The van der Waals surface area contributed by atoms with Crippen LogP contribution in [0, 0.1) is 11.3 Å². The Hall–Kier alpha value is -2.83. The third kappa shape index (κ3) is 5.20. The van der Waals surface area contributed by atoms with Gasteiger partial charge in [-0.25, -0.2) is 14.8 Å². The maximum Gasteiger partial charge on any atom is 0.412 e. The van der Waals surface area contributed by atoms with E-state index in [1.54, 1.807) is 39.2 Å². The van der Waals surface area contributed by atoms with Gasteiger partial charge in [0.05, 0.1) is 42.7 Å². The second-order valence-electron chi connectivity index (χ2n) is 8.08. The molecule has 1 amide bonds. The van der Waals surface area contributed by atoms with Crippen LogP contribution in [0.3, 0.4) is 0 Å². The molecule has 3 rings (SSSR count). The third-order valence-corrected chi connectivity index (χ3v) is 5.19. The lowest BCUT2D eigenvalue weighted by Crippen LogP contribution is -2.27. The van der Waals surface area contributed by atoms with E-state index in [2.05, 4.69) is 33.9 Å². The van der Waals surface area contributed by atoms with Gasteiger partial charge in [-0.05, 0) is 43.8 Å². The Morgan fingerprint density at radius 1 is 1.23 bits per heavy atom. The van der Waals surface area contributed by atoms with Gasteiger partial charge in [-0.1, -0.05) is 0 Å². The number of carbonyl (C=O) groups is 1. The number of hydrogen-bond donors (Lipinski definition) is 1. The molecule has 30 heavy (non-hydrogen) atoms. The molecule has 0 radical (unpaired) electrons.